The molecule has 172 valence electrons. The number of aromatic nitrogens is 4. The zero-order chi connectivity index (χ0) is 23.8. The molecule has 0 bridgehead atoms. The van der Waals surface area contributed by atoms with Gasteiger partial charge in [-0.25, -0.2) is 0 Å². The summed E-state index contributed by atoms with van der Waals surface area (Å²) in [5.41, 5.74) is 1.86. The summed E-state index contributed by atoms with van der Waals surface area (Å²) < 4.78 is 1.62. The summed E-state index contributed by atoms with van der Waals surface area (Å²) in [5.74, 6) is 0.284. The normalized spacial score (nSPS) is 12.3. The Hall–Kier alpha value is -2.84. The Balaban J connectivity index is 1.86. The van der Waals surface area contributed by atoms with E-state index < -0.39 is 0 Å². The fourth-order valence-corrected chi connectivity index (χ4v) is 6.20. The molecule has 0 saturated heterocycles. The van der Waals surface area contributed by atoms with Gasteiger partial charge >= 0.3 is 0 Å². The number of hydrogen-bond acceptors (Lipinski definition) is 7. The third-order valence-electron chi connectivity index (χ3n) is 5.34. The van der Waals surface area contributed by atoms with Crippen molar-refractivity contribution in [3.8, 4) is 27.6 Å². The lowest BCUT2D eigenvalue weighted by molar-refractivity contribution is 0.277. The topological polar surface area (TPSA) is 84.1 Å². The molecule has 0 fully saturated rings. The maximum absolute atomic E-state index is 11.5. The second-order valence-corrected chi connectivity index (χ2v) is 11.8. The van der Waals surface area contributed by atoms with Gasteiger partial charge < -0.3 is 10.2 Å². The molecule has 0 aliphatic rings. The molecule has 2 N–H and O–H groups in total. The molecule has 4 rings (SSSR count). The molecule has 0 spiro atoms. The maximum atomic E-state index is 11.5. The highest BCUT2D eigenvalue weighted by molar-refractivity contribution is 7.99. The molecular weight excluding hydrogens is 452 g/mol. The van der Waals surface area contributed by atoms with Crippen LogP contribution in [0.4, 0.5) is 0 Å². The second kappa shape index (κ2) is 8.83. The average molecular weight is 481 g/mol. The van der Waals surface area contributed by atoms with Gasteiger partial charge in [-0.3, -0.25) is 0 Å². The van der Waals surface area contributed by atoms with Crippen LogP contribution in [0.2, 0.25) is 0 Å². The Morgan fingerprint density at radius 2 is 1.73 bits per heavy atom. The molecule has 0 aliphatic carbocycles. The first kappa shape index (κ1) is 23.3. The summed E-state index contributed by atoms with van der Waals surface area (Å²) in [6, 6.07) is 15.2. The van der Waals surface area contributed by atoms with E-state index in [0.29, 0.717) is 15.6 Å². The minimum atomic E-state index is -0.347. The van der Waals surface area contributed by atoms with Gasteiger partial charge in [-0.15, -0.1) is 16.4 Å². The highest BCUT2D eigenvalue weighted by Gasteiger charge is 2.33. The molecule has 0 saturated carbocycles. The van der Waals surface area contributed by atoms with Crippen LogP contribution in [-0.2, 0) is 5.41 Å². The van der Waals surface area contributed by atoms with Crippen LogP contribution in [0.5, 0.6) is 11.5 Å². The number of para-hydroxylation sites is 1. The lowest BCUT2D eigenvalue weighted by Crippen LogP contribution is -2.25. The number of benzene rings is 2. The van der Waals surface area contributed by atoms with Crippen LogP contribution in [0, 0.1) is 5.41 Å². The molecule has 8 heteroatoms. The summed E-state index contributed by atoms with van der Waals surface area (Å²) in [4.78, 5) is 1.40. The highest BCUT2D eigenvalue weighted by Crippen LogP contribution is 2.52. The number of phenols is 2. The fourth-order valence-electron chi connectivity index (χ4n) is 4.40. The summed E-state index contributed by atoms with van der Waals surface area (Å²) in [5, 5.41) is 37.3. The van der Waals surface area contributed by atoms with E-state index in [1.807, 2.05) is 47.8 Å². The Bertz CT molecular complexity index is 1240. The van der Waals surface area contributed by atoms with E-state index in [1.165, 1.54) is 23.1 Å². The number of tetrazole rings is 1. The van der Waals surface area contributed by atoms with Crippen molar-refractivity contribution in [1.29, 1.82) is 0 Å². The predicted octanol–water partition coefficient (Wildman–Crippen LogP) is 6.67. The van der Waals surface area contributed by atoms with Crippen molar-refractivity contribution in [3.63, 3.8) is 0 Å². The van der Waals surface area contributed by atoms with E-state index in [1.54, 1.807) is 10.7 Å². The quantitative estimate of drug-likeness (QED) is 0.300. The minimum Gasteiger partial charge on any atom is -0.507 e. The lowest BCUT2D eigenvalue weighted by atomic mass is 9.71. The first-order valence-electron chi connectivity index (χ1n) is 10.7. The lowest BCUT2D eigenvalue weighted by Gasteiger charge is -2.34. The van der Waals surface area contributed by atoms with Crippen molar-refractivity contribution < 1.29 is 10.2 Å². The van der Waals surface area contributed by atoms with E-state index in [9.17, 15) is 10.2 Å². The third kappa shape index (κ3) is 4.91. The van der Waals surface area contributed by atoms with Gasteiger partial charge in [0.15, 0.2) is 0 Å². The zero-order valence-electron chi connectivity index (χ0n) is 19.4. The van der Waals surface area contributed by atoms with E-state index >= 15 is 0 Å². The van der Waals surface area contributed by atoms with Gasteiger partial charge in [0.2, 0.25) is 5.16 Å². The molecule has 6 nitrogen and oxygen atoms in total. The number of nitrogens with zero attached hydrogens (tertiary/aromatic N) is 4. The van der Waals surface area contributed by atoms with Gasteiger partial charge in [0.25, 0.3) is 0 Å². The van der Waals surface area contributed by atoms with E-state index in [-0.39, 0.29) is 22.3 Å². The van der Waals surface area contributed by atoms with Crippen molar-refractivity contribution in [2.45, 2.75) is 56.5 Å². The van der Waals surface area contributed by atoms with Crippen molar-refractivity contribution in [1.82, 2.24) is 20.2 Å². The summed E-state index contributed by atoms with van der Waals surface area (Å²) >= 11 is 2.75. The van der Waals surface area contributed by atoms with Crippen LogP contribution in [0.3, 0.4) is 0 Å². The summed E-state index contributed by atoms with van der Waals surface area (Å²) in [7, 11) is 0. The SMILES string of the molecule is CC(C)(C)CC(C)(C)c1cc(O)c(Sc2nnnn2-c2ccccc2)c(-c2cccs2)c1O. The first-order valence-corrected chi connectivity index (χ1v) is 12.4. The number of aromatic hydroxyl groups is 2. The number of rotatable bonds is 6. The Morgan fingerprint density at radius 1 is 1.00 bits per heavy atom. The van der Waals surface area contributed by atoms with E-state index in [2.05, 4.69) is 50.1 Å². The van der Waals surface area contributed by atoms with Crippen molar-refractivity contribution >= 4 is 23.1 Å². The first-order chi connectivity index (χ1) is 15.6. The van der Waals surface area contributed by atoms with Crippen molar-refractivity contribution in [3.05, 3.63) is 59.5 Å². The third-order valence-corrected chi connectivity index (χ3v) is 7.28. The standard InChI is InChI=1S/C25H28N4O2S2/c1-24(2,3)15-25(4,5)17-14-18(30)22(20(21(17)31)19-12-9-13-32-19)33-23-26-27-28-29(23)16-10-7-6-8-11-16/h6-14,30-31H,15H2,1-5H3. The summed E-state index contributed by atoms with van der Waals surface area (Å²) in [6.45, 7) is 10.7. The van der Waals surface area contributed by atoms with E-state index in [4.69, 9.17) is 0 Å². The van der Waals surface area contributed by atoms with Crippen LogP contribution in [-0.4, -0.2) is 30.4 Å². The molecule has 0 atom stereocenters. The largest absolute Gasteiger partial charge is 0.507 e. The number of hydrogen-bond donors (Lipinski definition) is 2. The van der Waals surface area contributed by atoms with Crippen molar-refractivity contribution in [2.75, 3.05) is 0 Å². The Kier molecular flexibility index (Phi) is 6.24. The molecule has 2 heterocycles. The monoisotopic (exact) mass is 480 g/mol. The van der Waals surface area contributed by atoms with Crippen LogP contribution in [0.25, 0.3) is 16.1 Å². The molecule has 0 unspecified atom stereocenters. The second-order valence-electron chi connectivity index (χ2n) is 9.91. The molecule has 0 radical (unpaired) electrons. The Labute approximate surface area is 202 Å². The average Bonchev–Trinajstić information content (AvgIpc) is 3.41. The van der Waals surface area contributed by atoms with Gasteiger partial charge in [0.1, 0.15) is 11.5 Å². The molecule has 2 aromatic carbocycles. The van der Waals surface area contributed by atoms with Gasteiger partial charge in [0.05, 0.1) is 16.1 Å². The van der Waals surface area contributed by atoms with Crippen LogP contribution in [0.1, 0.15) is 46.6 Å². The smallest absolute Gasteiger partial charge is 0.219 e. The summed E-state index contributed by atoms with van der Waals surface area (Å²) in [6.07, 6.45) is 0.843. The van der Waals surface area contributed by atoms with Crippen LogP contribution in [0.15, 0.2) is 64.0 Å². The van der Waals surface area contributed by atoms with Gasteiger partial charge in [-0.2, -0.15) is 4.68 Å². The van der Waals surface area contributed by atoms with Gasteiger partial charge in [0, 0.05) is 10.4 Å². The molecule has 0 aliphatic heterocycles. The van der Waals surface area contributed by atoms with Gasteiger partial charge in [-0.1, -0.05) is 58.9 Å². The van der Waals surface area contributed by atoms with E-state index in [0.717, 1.165) is 22.5 Å². The number of thiophene rings is 1. The molecular formula is C25H28N4O2S2. The molecule has 33 heavy (non-hydrogen) atoms. The minimum absolute atomic E-state index is 0.0554. The molecule has 0 amide bonds. The molecule has 4 aromatic rings. The zero-order valence-corrected chi connectivity index (χ0v) is 21.0. The predicted molar refractivity (Wildman–Crippen MR) is 133 cm³/mol. The molecule has 2 aromatic heterocycles. The Morgan fingerprint density at radius 3 is 2.36 bits per heavy atom. The van der Waals surface area contributed by atoms with Crippen LogP contribution >= 0.6 is 23.1 Å². The van der Waals surface area contributed by atoms with Gasteiger partial charge in [-0.05, 0) is 69.1 Å². The highest BCUT2D eigenvalue weighted by atomic mass is 32.2. The van der Waals surface area contributed by atoms with Crippen LogP contribution < -0.4 is 0 Å². The van der Waals surface area contributed by atoms with Crippen molar-refractivity contribution in [2.24, 2.45) is 5.41 Å². The number of phenolic OH excluding ortho intramolecular Hbond substituents is 2. The maximum Gasteiger partial charge on any atom is 0.219 e. The fraction of sp³-hybridized carbons (Fsp3) is 0.320.